The van der Waals surface area contributed by atoms with Gasteiger partial charge in [-0.25, -0.2) is 0 Å². The van der Waals surface area contributed by atoms with Gasteiger partial charge in [-0.05, 0) is 48.2 Å². The summed E-state index contributed by atoms with van der Waals surface area (Å²) in [7, 11) is 2.11. The molecule has 22 heavy (non-hydrogen) atoms. The van der Waals surface area contributed by atoms with Crippen LogP contribution < -0.4 is 4.90 Å². The fourth-order valence-electron chi connectivity index (χ4n) is 3.24. The van der Waals surface area contributed by atoms with Crippen molar-refractivity contribution in [3.8, 4) is 0 Å². The molecule has 0 N–H and O–H groups in total. The van der Waals surface area contributed by atoms with E-state index >= 15 is 0 Å². The summed E-state index contributed by atoms with van der Waals surface area (Å²) in [5, 5.41) is 2.03. The second-order valence-electron chi connectivity index (χ2n) is 5.92. The van der Waals surface area contributed by atoms with Crippen LogP contribution in [0.3, 0.4) is 0 Å². The summed E-state index contributed by atoms with van der Waals surface area (Å²) >= 11 is 6.12. The zero-order valence-electron chi connectivity index (χ0n) is 12.7. The van der Waals surface area contributed by atoms with Crippen molar-refractivity contribution in [3.63, 3.8) is 0 Å². The lowest BCUT2D eigenvalue weighted by Gasteiger charge is -2.20. The molecule has 1 aromatic heterocycles. The molecule has 1 aliphatic rings. The Morgan fingerprint density at radius 1 is 1.09 bits per heavy atom. The van der Waals surface area contributed by atoms with Crippen molar-refractivity contribution in [2.45, 2.75) is 13.5 Å². The first-order valence-corrected chi connectivity index (χ1v) is 7.74. The minimum atomic E-state index is 0.760. The van der Waals surface area contributed by atoms with Crippen LogP contribution in [0.1, 0.15) is 16.8 Å². The number of benzene rings is 2. The van der Waals surface area contributed by atoms with E-state index in [4.69, 9.17) is 11.6 Å². The van der Waals surface area contributed by atoms with Crippen molar-refractivity contribution < 1.29 is 0 Å². The molecule has 3 aromatic rings. The van der Waals surface area contributed by atoms with E-state index in [1.54, 1.807) is 0 Å². The number of halogens is 1. The molecule has 0 spiro atoms. The molecule has 0 atom stereocenters. The zero-order valence-corrected chi connectivity index (χ0v) is 13.5. The predicted molar refractivity (Wildman–Crippen MR) is 94.3 cm³/mol. The molecule has 0 unspecified atom stereocenters. The summed E-state index contributed by atoms with van der Waals surface area (Å²) in [5.41, 5.74) is 7.13. The molecule has 0 bridgehead atoms. The highest BCUT2D eigenvalue weighted by Crippen LogP contribution is 2.38. The molecule has 0 saturated heterocycles. The first-order chi connectivity index (χ1) is 10.5. The van der Waals surface area contributed by atoms with E-state index in [2.05, 4.69) is 60.3 Å². The van der Waals surface area contributed by atoms with Gasteiger partial charge in [-0.15, -0.1) is 0 Å². The van der Waals surface area contributed by atoms with Crippen molar-refractivity contribution in [2.24, 2.45) is 7.05 Å². The van der Waals surface area contributed by atoms with Crippen molar-refractivity contribution in [2.75, 3.05) is 4.90 Å². The Bertz CT molecular complexity index is 921. The fourth-order valence-corrected chi connectivity index (χ4v) is 3.41. The standard InChI is InChI=1S/C19H17ClN2/c1-12-8-14-5-7-17(10-19(14)21(12)3)22-11-15-4-6-16(20)9-18(15)13(22)2/h4-10H,2,11H2,1,3H3. The normalized spacial score (nSPS) is 14.0. The SMILES string of the molecule is C=C1c2cc(Cl)ccc2CN1c1ccc2cc(C)n(C)c2c1. The third-order valence-electron chi connectivity index (χ3n) is 4.62. The molecule has 0 aliphatic carbocycles. The molecule has 0 radical (unpaired) electrons. The summed E-state index contributed by atoms with van der Waals surface area (Å²) in [6, 6.07) is 14.8. The summed E-state index contributed by atoms with van der Waals surface area (Å²) in [6.45, 7) is 7.24. The highest BCUT2D eigenvalue weighted by molar-refractivity contribution is 6.30. The van der Waals surface area contributed by atoms with Gasteiger partial charge in [-0.3, -0.25) is 0 Å². The van der Waals surface area contributed by atoms with Gasteiger partial charge in [0, 0.05) is 41.3 Å². The zero-order chi connectivity index (χ0) is 15.4. The van der Waals surface area contributed by atoms with Crippen LogP contribution in [0.4, 0.5) is 5.69 Å². The molecule has 3 heteroatoms. The van der Waals surface area contributed by atoms with Gasteiger partial charge in [0.25, 0.3) is 0 Å². The number of hydrogen-bond donors (Lipinski definition) is 0. The second-order valence-corrected chi connectivity index (χ2v) is 6.36. The van der Waals surface area contributed by atoms with Crippen LogP contribution in [0.15, 0.2) is 49.0 Å². The molecule has 2 nitrogen and oxygen atoms in total. The monoisotopic (exact) mass is 308 g/mol. The average molecular weight is 309 g/mol. The molecule has 0 fully saturated rings. The lowest BCUT2D eigenvalue weighted by atomic mass is 10.1. The van der Waals surface area contributed by atoms with Crippen molar-refractivity contribution >= 4 is 33.9 Å². The van der Waals surface area contributed by atoms with E-state index in [0.717, 1.165) is 22.8 Å². The lowest BCUT2D eigenvalue weighted by molar-refractivity contribution is 0.917. The van der Waals surface area contributed by atoms with Gasteiger partial charge in [-0.1, -0.05) is 30.3 Å². The van der Waals surface area contributed by atoms with Gasteiger partial charge in [0.1, 0.15) is 0 Å². The molecule has 0 saturated carbocycles. The Morgan fingerprint density at radius 3 is 2.73 bits per heavy atom. The lowest BCUT2D eigenvalue weighted by Crippen LogP contribution is -2.12. The fraction of sp³-hybridized carbons (Fsp3) is 0.158. The van der Waals surface area contributed by atoms with E-state index in [0.29, 0.717) is 0 Å². The second kappa shape index (κ2) is 4.65. The maximum Gasteiger partial charge on any atom is 0.0500 e. The number of fused-ring (bicyclic) bond motifs is 2. The molecule has 110 valence electrons. The van der Waals surface area contributed by atoms with Crippen LogP contribution >= 0.6 is 11.6 Å². The minimum absolute atomic E-state index is 0.760. The summed E-state index contributed by atoms with van der Waals surface area (Å²) in [5.74, 6) is 0. The number of aryl methyl sites for hydroxylation is 2. The molecule has 1 aliphatic heterocycles. The van der Waals surface area contributed by atoms with E-state index in [9.17, 15) is 0 Å². The van der Waals surface area contributed by atoms with Gasteiger partial charge < -0.3 is 9.47 Å². The quantitative estimate of drug-likeness (QED) is 0.605. The van der Waals surface area contributed by atoms with Crippen LogP contribution in [0, 0.1) is 6.92 Å². The number of nitrogens with zero attached hydrogens (tertiary/aromatic N) is 2. The largest absolute Gasteiger partial charge is 0.348 e. The van der Waals surface area contributed by atoms with Gasteiger partial charge in [-0.2, -0.15) is 0 Å². The Kier molecular flexibility index (Phi) is 2.85. The Balaban J connectivity index is 1.80. The minimum Gasteiger partial charge on any atom is -0.348 e. The van der Waals surface area contributed by atoms with Crippen molar-refractivity contribution in [3.05, 3.63) is 70.9 Å². The van der Waals surface area contributed by atoms with Crippen LogP contribution in [-0.4, -0.2) is 4.57 Å². The van der Waals surface area contributed by atoms with Crippen LogP contribution in [0.5, 0.6) is 0 Å². The summed E-state index contributed by atoms with van der Waals surface area (Å²) in [6.07, 6.45) is 0. The van der Waals surface area contributed by atoms with E-state index in [-0.39, 0.29) is 0 Å². The third-order valence-corrected chi connectivity index (χ3v) is 4.85. The van der Waals surface area contributed by atoms with E-state index in [1.807, 2.05) is 12.1 Å². The highest BCUT2D eigenvalue weighted by Gasteiger charge is 2.24. The molecule has 4 rings (SSSR count). The van der Waals surface area contributed by atoms with Crippen LogP contribution in [-0.2, 0) is 13.6 Å². The number of anilines is 1. The Labute approximate surface area is 135 Å². The first-order valence-electron chi connectivity index (χ1n) is 7.36. The highest BCUT2D eigenvalue weighted by atomic mass is 35.5. The smallest absolute Gasteiger partial charge is 0.0500 e. The summed E-state index contributed by atoms with van der Waals surface area (Å²) in [4.78, 5) is 2.25. The predicted octanol–water partition coefficient (Wildman–Crippen LogP) is 5.13. The summed E-state index contributed by atoms with van der Waals surface area (Å²) < 4.78 is 2.22. The van der Waals surface area contributed by atoms with Gasteiger partial charge in [0.15, 0.2) is 0 Å². The number of rotatable bonds is 1. The molecule has 2 aromatic carbocycles. The van der Waals surface area contributed by atoms with Crippen molar-refractivity contribution in [1.82, 2.24) is 4.57 Å². The Morgan fingerprint density at radius 2 is 1.91 bits per heavy atom. The van der Waals surface area contributed by atoms with Crippen LogP contribution in [0.2, 0.25) is 5.02 Å². The average Bonchev–Trinajstić information content (AvgIpc) is 2.98. The van der Waals surface area contributed by atoms with E-state index < -0.39 is 0 Å². The molecule has 0 amide bonds. The van der Waals surface area contributed by atoms with Gasteiger partial charge in [0.05, 0.1) is 5.52 Å². The van der Waals surface area contributed by atoms with Crippen LogP contribution in [0.25, 0.3) is 16.6 Å². The maximum atomic E-state index is 6.12. The van der Waals surface area contributed by atoms with Gasteiger partial charge in [0.2, 0.25) is 0 Å². The third kappa shape index (κ3) is 1.87. The molecular formula is C19H17ClN2. The topological polar surface area (TPSA) is 8.17 Å². The van der Waals surface area contributed by atoms with E-state index in [1.165, 1.54) is 27.8 Å². The number of aromatic nitrogens is 1. The van der Waals surface area contributed by atoms with Gasteiger partial charge >= 0.3 is 0 Å². The molecule has 2 heterocycles. The van der Waals surface area contributed by atoms with Crippen molar-refractivity contribution in [1.29, 1.82) is 0 Å². The Hall–Kier alpha value is -2.19. The first kappa shape index (κ1) is 13.5. The maximum absolute atomic E-state index is 6.12. The number of hydrogen-bond acceptors (Lipinski definition) is 1. The molecular weight excluding hydrogens is 292 g/mol.